The molecule has 1 fully saturated rings. The summed E-state index contributed by atoms with van der Waals surface area (Å²) in [6.07, 6.45) is 1.56. The van der Waals surface area contributed by atoms with E-state index in [-0.39, 0.29) is 45.7 Å². The Hall–Kier alpha value is -2.06. The van der Waals surface area contributed by atoms with Crippen LogP contribution in [0.1, 0.15) is 11.1 Å². The molecule has 5 nitrogen and oxygen atoms in total. The number of amides is 2. The molecule has 0 aliphatic carbocycles. The van der Waals surface area contributed by atoms with Gasteiger partial charge in [0.1, 0.15) is 19.0 Å². The fourth-order valence-electron chi connectivity index (χ4n) is 3.22. The molecule has 1 heterocycles. The Morgan fingerprint density at radius 3 is 2.17 bits per heavy atom. The molecule has 3 aromatic rings. The summed E-state index contributed by atoms with van der Waals surface area (Å²) in [5, 5.41) is 1.57. The second-order valence-corrected chi connectivity index (χ2v) is 10.5. The lowest BCUT2D eigenvalue weighted by Gasteiger charge is -2.13. The van der Waals surface area contributed by atoms with Gasteiger partial charge in [0.2, 0.25) is 0 Å². The monoisotopic (exact) mass is 601 g/mol. The van der Waals surface area contributed by atoms with E-state index >= 15 is 0 Å². The van der Waals surface area contributed by atoms with Gasteiger partial charge in [-0.15, -0.1) is 0 Å². The number of hydrogen-bond donors (Lipinski definition) is 0. The van der Waals surface area contributed by atoms with E-state index in [0.29, 0.717) is 26.4 Å². The lowest BCUT2D eigenvalue weighted by atomic mass is 10.2. The average molecular weight is 604 g/mol. The van der Waals surface area contributed by atoms with E-state index in [4.69, 9.17) is 67.5 Å². The van der Waals surface area contributed by atoms with Gasteiger partial charge < -0.3 is 9.47 Å². The summed E-state index contributed by atoms with van der Waals surface area (Å²) in [6, 6.07) is 15.2. The zero-order valence-electron chi connectivity index (χ0n) is 18.3. The number of nitrogens with zero attached hydrogens (tertiary/aromatic N) is 1. The van der Waals surface area contributed by atoms with Crippen molar-refractivity contribution in [3.05, 3.63) is 95.7 Å². The van der Waals surface area contributed by atoms with Crippen molar-refractivity contribution < 1.29 is 19.1 Å². The summed E-state index contributed by atoms with van der Waals surface area (Å²) in [6.45, 7) is 0.426. The Morgan fingerprint density at radius 2 is 1.50 bits per heavy atom. The first-order valence-electron chi connectivity index (χ1n) is 10.4. The van der Waals surface area contributed by atoms with Gasteiger partial charge in [0.15, 0.2) is 5.75 Å². The first-order valence-corrected chi connectivity index (χ1v) is 13.1. The Bertz CT molecular complexity index is 1320. The van der Waals surface area contributed by atoms with Crippen LogP contribution in [0.2, 0.25) is 25.1 Å². The molecular weight excluding hydrogens is 588 g/mol. The Labute approximate surface area is 236 Å². The molecule has 0 unspecified atom stereocenters. The van der Waals surface area contributed by atoms with Crippen LogP contribution in [0.25, 0.3) is 6.08 Å². The van der Waals surface area contributed by atoms with E-state index in [9.17, 15) is 9.59 Å². The molecule has 0 aromatic heterocycles. The third kappa shape index (κ3) is 6.62. The Kier molecular flexibility index (Phi) is 8.99. The highest BCUT2D eigenvalue weighted by Gasteiger charge is 2.34. The minimum Gasteiger partial charge on any atom is -0.492 e. The maximum absolute atomic E-state index is 12.8. The van der Waals surface area contributed by atoms with Crippen LogP contribution in [-0.4, -0.2) is 29.2 Å². The topological polar surface area (TPSA) is 55.8 Å². The number of halogens is 5. The molecule has 11 heteroatoms. The van der Waals surface area contributed by atoms with Crippen molar-refractivity contribution in [1.82, 2.24) is 4.90 Å². The van der Waals surface area contributed by atoms with Gasteiger partial charge in [0.25, 0.3) is 11.1 Å². The standard InChI is InChI=1S/C25H16Cl5NO4S/c26-16-2-4-17(5-3-16)34-8-7-31-24(32)22(36-25(31)33)12-15-10-20(29)23(21(30)11-15)35-13-14-1-6-18(27)19(28)9-14/h1-6,9-12H,7-8,13H2/b22-12-. The summed E-state index contributed by atoms with van der Waals surface area (Å²) in [5.41, 5.74) is 1.34. The number of thioether (sulfide) groups is 1. The normalized spacial score (nSPS) is 14.6. The van der Waals surface area contributed by atoms with Gasteiger partial charge in [0.05, 0.1) is 31.5 Å². The second kappa shape index (κ2) is 12.0. The molecule has 0 spiro atoms. The van der Waals surface area contributed by atoms with Crippen molar-refractivity contribution in [1.29, 1.82) is 0 Å². The van der Waals surface area contributed by atoms with Gasteiger partial charge in [0, 0.05) is 5.02 Å². The van der Waals surface area contributed by atoms with Crippen LogP contribution < -0.4 is 9.47 Å². The highest BCUT2D eigenvalue weighted by molar-refractivity contribution is 8.18. The van der Waals surface area contributed by atoms with Crippen LogP contribution in [0, 0.1) is 0 Å². The average Bonchev–Trinajstić information content (AvgIpc) is 3.09. The molecule has 0 atom stereocenters. The molecule has 1 aliphatic rings. The lowest BCUT2D eigenvalue weighted by molar-refractivity contribution is -0.123. The molecule has 1 aliphatic heterocycles. The van der Waals surface area contributed by atoms with Crippen molar-refractivity contribution in [3.8, 4) is 11.5 Å². The molecule has 4 rings (SSSR count). The van der Waals surface area contributed by atoms with Crippen LogP contribution >= 0.6 is 69.8 Å². The number of carbonyl (C=O) groups excluding carboxylic acids is 2. The lowest BCUT2D eigenvalue weighted by Crippen LogP contribution is -2.32. The molecule has 186 valence electrons. The summed E-state index contributed by atoms with van der Waals surface area (Å²) >= 11 is 31.5. The highest BCUT2D eigenvalue weighted by Crippen LogP contribution is 2.38. The van der Waals surface area contributed by atoms with E-state index in [1.807, 2.05) is 0 Å². The zero-order valence-corrected chi connectivity index (χ0v) is 22.9. The Balaban J connectivity index is 1.40. The summed E-state index contributed by atoms with van der Waals surface area (Å²) in [5.74, 6) is 0.457. The van der Waals surface area contributed by atoms with E-state index in [0.717, 1.165) is 22.2 Å². The molecule has 3 aromatic carbocycles. The molecule has 36 heavy (non-hydrogen) atoms. The van der Waals surface area contributed by atoms with Crippen molar-refractivity contribution in [2.75, 3.05) is 13.2 Å². The maximum Gasteiger partial charge on any atom is 0.293 e. The van der Waals surface area contributed by atoms with Crippen molar-refractivity contribution in [2.45, 2.75) is 6.61 Å². The predicted molar refractivity (Wildman–Crippen MR) is 147 cm³/mol. The van der Waals surface area contributed by atoms with Gasteiger partial charge in [-0.3, -0.25) is 14.5 Å². The van der Waals surface area contributed by atoms with Gasteiger partial charge in [-0.2, -0.15) is 0 Å². The summed E-state index contributed by atoms with van der Waals surface area (Å²) in [4.78, 5) is 26.6. The van der Waals surface area contributed by atoms with E-state index < -0.39 is 5.91 Å². The van der Waals surface area contributed by atoms with Crippen LogP contribution in [-0.2, 0) is 11.4 Å². The third-order valence-electron chi connectivity index (χ3n) is 4.96. The first-order chi connectivity index (χ1) is 17.2. The van der Waals surface area contributed by atoms with E-state index in [1.165, 1.54) is 0 Å². The van der Waals surface area contributed by atoms with Gasteiger partial charge in [-0.1, -0.05) is 64.1 Å². The maximum atomic E-state index is 12.8. The summed E-state index contributed by atoms with van der Waals surface area (Å²) in [7, 11) is 0. The van der Waals surface area contributed by atoms with Crippen LogP contribution in [0.5, 0.6) is 11.5 Å². The number of carbonyl (C=O) groups is 2. The van der Waals surface area contributed by atoms with Crippen LogP contribution in [0.4, 0.5) is 4.79 Å². The van der Waals surface area contributed by atoms with Gasteiger partial charge in [-0.25, -0.2) is 0 Å². The molecule has 2 amide bonds. The van der Waals surface area contributed by atoms with Gasteiger partial charge >= 0.3 is 0 Å². The van der Waals surface area contributed by atoms with E-state index in [1.54, 1.807) is 60.7 Å². The summed E-state index contributed by atoms with van der Waals surface area (Å²) < 4.78 is 11.4. The van der Waals surface area contributed by atoms with E-state index in [2.05, 4.69) is 0 Å². The molecule has 0 bridgehead atoms. The fourth-order valence-corrected chi connectivity index (χ4v) is 5.14. The quantitative estimate of drug-likeness (QED) is 0.241. The van der Waals surface area contributed by atoms with Crippen LogP contribution in [0.15, 0.2) is 59.5 Å². The predicted octanol–water partition coefficient (Wildman–Crippen LogP) is 8.65. The molecular formula is C25H16Cl5NO4S. The van der Waals surface area contributed by atoms with Gasteiger partial charge in [-0.05, 0) is 77.5 Å². The number of benzene rings is 3. The first kappa shape index (κ1) is 27.0. The number of hydrogen-bond acceptors (Lipinski definition) is 5. The van der Waals surface area contributed by atoms with Crippen molar-refractivity contribution in [3.63, 3.8) is 0 Å². The molecule has 0 radical (unpaired) electrons. The zero-order chi connectivity index (χ0) is 25.8. The van der Waals surface area contributed by atoms with Crippen LogP contribution in [0.3, 0.4) is 0 Å². The number of imide groups is 1. The minimum atomic E-state index is -0.420. The minimum absolute atomic E-state index is 0.105. The SMILES string of the molecule is O=C1S/C(=C\c2cc(Cl)c(OCc3ccc(Cl)c(Cl)c3)c(Cl)c2)C(=O)N1CCOc1ccc(Cl)cc1. The molecule has 0 N–H and O–H groups in total. The third-order valence-corrected chi connectivity index (χ3v) is 7.42. The largest absolute Gasteiger partial charge is 0.492 e. The number of ether oxygens (including phenoxy) is 2. The van der Waals surface area contributed by atoms with Crippen molar-refractivity contribution in [2.24, 2.45) is 0 Å². The molecule has 0 saturated carbocycles. The Morgan fingerprint density at radius 1 is 0.806 bits per heavy atom. The highest BCUT2D eigenvalue weighted by atomic mass is 35.5. The van der Waals surface area contributed by atoms with Crippen molar-refractivity contribution >= 4 is 87.0 Å². The fraction of sp³-hybridized carbons (Fsp3) is 0.120. The second-order valence-electron chi connectivity index (χ2n) is 7.49. The molecule has 1 saturated heterocycles. The number of rotatable bonds is 8. The smallest absolute Gasteiger partial charge is 0.293 e.